The number of aldehydes is 1. The highest BCUT2D eigenvalue weighted by atomic mass is 16.1. The van der Waals surface area contributed by atoms with E-state index in [1.807, 2.05) is 48.8 Å². The number of hydrogen-bond donors (Lipinski definition) is 0. The van der Waals surface area contributed by atoms with Crippen molar-refractivity contribution in [1.29, 1.82) is 0 Å². The minimum absolute atomic E-state index is 0.162. The fourth-order valence-corrected chi connectivity index (χ4v) is 2.70. The molecule has 0 aliphatic carbocycles. The fourth-order valence-electron chi connectivity index (χ4n) is 2.70. The van der Waals surface area contributed by atoms with Gasteiger partial charge in [-0.25, -0.2) is 4.98 Å². The van der Waals surface area contributed by atoms with E-state index in [0.717, 1.165) is 24.2 Å². The molecule has 0 radical (unpaired) electrons. The van der Waals surface area contributed by atoms with E-state index in [2.05, 4.69) is 33.8 Å². The molecule has 0 saturated carbocycles. The van der Waals surface area contributed by atoms with Crippen LogP contribution in [0, 0.1) is 0 Å². The van der Waals surface area contributed by atoms with E-state index < -0.39 is 0 Å². The Balaban J connectivity index is 1.88. The summed E-state index contributed by atoms with van der Waals surface area (Å²) < 4.78 is 2.12. The first-order valence-corrected chi connectivity index (χ1v) is 7.43. The summed E-state index contributed by atoms with van der Waals surface area (Å²) in [6.45, 7) is 0.743. The molecule has 3 heteroatoms. The second-order valence-corrected chi connectivity index (χ2v) is 5.28. The van der Waals surface area contributed by atoms with Crippen LogP contribution in [-0.2, 0) is 11.3 Å². The third kappa shape index (κ3) is 3.14. The summed E-state index contributed by atoms with van der Waals surface area (Å²) in [5.41, 5.74) is 2.27. The Morgan fingerprint density at radius 3 is 2.36 bits per heavy atom. The molecule has 0 aliphatic rings. The molecule has 1 unspecified atom stereocenters. The number of nitrogens with zero attached hydrogens (tertiary/aromatic N) is 2. The quantitative estimate of drug-likeness (QED) is 0.645. The van der Waals surface area contributed by atoms with E-state index in [-0.39, 0.29) is 5.92 Å². The van der Waals surface area contributed by atoms with Crippen LogP contribution < -0.4 is 0 Å². The average molecular weight is 290 g/mol. The molecular weight excluding hydrogens is 272 g/mol. The molecule has 22 heavy (non-hydrogen) atoms. The van der Waals surface area contributed by atoms with Crippen molar-refractivity contribution in [2.75, 3.05) is 0 Å². The van der Waals surface area contributed by atoms with Crippen LogP contribution in [-0.4, -0.2) is 15.8 Å². The first-order chi connectivity index (χ1) is 10.9. The maximum Gasteiger partial charge on any atom is 0.139 e. The van der Waals surface area contributed by atoms with Crippen molar-refractivity contribution < 1.29 is 4.79 Å². The molecule has 0 N–H and O–H groups in total. The number of benzene rings is 2. The van der Waals surface area contributed by atoms with Crippen LogP contribution in [0.25, 0.3) is 11.4 Å². The van der Waals surface area contributed by atoms with Crippen molar-refractivity contribution in [3.05, 3.63) is 78.6 Å². The van der Waals surface area contributed by atoms with E-state index in [4.69, 9.17) is 0 Å². The first-order valence-electron chi connectivity index (χ1n) is 7.43. The first kappa shape index (κ1) is 14.3. The van der Waals surface area contributed by atoms with Gasteiger partial charge in [-0.15, -0.1) is 0 Å². The number of carbonyl (C=O) groups excluding carboxylic acids is 1. The van der Waals surface area contributed by atoms with Crippen molar-refractivity contribution in [3.63, 3.8) is 0 Å². The summed E-state index contributed by atoms with van der Waals surface area (Å²) in [5.74, 6) is 1.10. The van der Waals surface area contributed by atoms with Gasteiger partial charge in [0.05, 0.1) is 0 Å². The molecule has 110 valence electrons. The lowest BCUT2D eigenvalue weighted by Crippen LogP contribution is -2.10. The zero-order chi connectivity index (χ0) is 15.2. The van der Waals surface area contributed by atoms with Gasteiger partial charge in [-0.05, 0) is 5.56 Å². The third-order valence-corrected chi connectivity index (χ3v) is 3.82. The van der Waals surface area contributed by atoms with Gasteiger partial charge in [0.25, 0.3) is 0 Å². The predicted molar refractivity (Wildman–Crippen MR) is 87.5 cm³/mol. The van der Waals surface area contributed by atoms with Gasteiger partial charge >= 0.3 is 0 Å². The molecule has 2 aromatic carbocycles. The maximum atomic E-state index is 11.0. The summed E-state index contributed by atoms with van der Waals surface area (Å²) >= 11 is 0. The summed E-state index contributed by atoms with van der Waals surface area (Å²) in [5, 5.41) is 0. The van der Waals surface area contributed by atoms with Crippen molar-refractivity contribution in [2.24, 2.45) is 0 Å². The summed E-state index contributed by atoms with van der Waals surface area (Å²) in [7, 11) is 0. The smallest absolute Gasteiger partial charge is 0.139 e. The lowest BCUT2D eigenvalue weighted by atomic mass is 9.96. The molecule has 0 bridgehead atoms. The van der Waals surface area contributed by atoms with E-state index in [0.29, 0.717) is 6.42 Å². The topological polar surface area (TPSA) is 34.9 Å². The highest BCUT2D eigenvalue weighted by Gasteiger charge is 2.14. The van der Waals surface area contributed by atoms with Gasteiger partial charge in [-0.2, -0.15) is 0 Å². The van der Waals surface area contributed by atoms with Crippen LogP contribution in [0.4, 0.5) is 0 Å². The average Bonchev–Trinajstić information content (AvgIpc) is 3.04. The molecule has 0 saturated heterocycles. The Hall–Kier alpha value is -2.68. The highest BCUT2D eigenvalue weighted by Crippen LogP contribution is 2.24. The number of aromatic nitrogens is 2. The van der Waals surface area contributed by atoms with Gasteiger partial charge in [0, 0.05) is 36.8 Å². The predicted octanol–water partition coefficient (Wildman–Crippen LogP) is 3.92. The van der Waals surface area contributed by atoms with Crippen LogP contribution in [0.2, 0.25) is 0 Å². The summed E-state index contributed by atoms with van der Waals surface area (Å²) in [4.78, 5) is 15.5. The van der Waals surface area contributed by atoms with Crippen LogP contribution in [0.5, 0.6) is 0 Å². The minimum Gasteiger partial charge on any atom is -0.330 e. The van der Waals surface area contributed by atoms with Crippen molar-refractivity contribution in [2.45, 2.75) is 18.9 Å². The Morgan fingerprint density at radius 1 is 1.00 bits per heavy atom. The largest absolute Gasteiger partial charge is 0.330 e. The number of imidazole rings is 1. The van der Waals surface area contributed by atoms with Crippen LogP contribution in [0.1, 0.15) is 17.9 Å². The van der Waals surface area contributed by atoms with E-state index in [1.165, 1.54) is 5.56 Å². The van der Waals surface area contributed by atoms with Crippen LogP contribution in [0.15, 0.2) is 73.1 Å². The number of carbonyl (C=O) groups is 1. The SMILES string of the molecule is O=CCC(Cn1ccnc1-c1ccccc1)c1ccccc1. The molecule has 1 atom stereocenters. The lowest BCUT2D eigenvalue weighted by molar-refractivity contribution is -0.108. The third-order valence-electron chi connectivity index (χ3n) is 3.82. The van der Waals surface area contributed by atoms with Gasteiger partial charge < -0.3 is 9.36 Å². The molecule has 0 spiro atoms. The lowest BCUT2D eigenvalue weighted by Gasteiger charge is -2.17. The Kier molecular flexibility index (Phi) is 4.44. The molecule has 0 amide bonds. The molecule has 0 aliphatic heterocycles. The zero-order valence-corrected chi connectivity index (χ0v) is 12.3. The maximum absolute atomic E-state index is 11.0. The fraction of sp³-hybridized carbons (Fsp3) is 0.158. The van der Waals surface area contributed by atoms with Crippen LogP contribution in [0.3, 0.4) is 0 Å². The molecule has 1 heterocycles. The summed E-state index contributed by atoms with van der Waals surface area (Å²) in [6.07, 6.45) is 5.29. The second kappa shape index (κ2) is 6.85. The molecule has 3 aromatic rings. The molecule has 3 nitrogen and oxygen atoms in total. The minimum atomic E-state index is 0.162. The zero-order valence-electron chi connectivity index (χ0n) is 12.3. The summed E-state index contributed by atoms with van der Waals surface area (Å²) in [6, 6.07) is 20.3. The Bertz CT molecular complexity index is 719. The van der Waals surface area contributed by atoms with Crippen molar-refractivity contribution in [3.8, 4) is 11.4 Å². The standard InChI is InChI=1S/C19H18N2O/c22-14-11-18(16-7-3-1-4-8-16)15-21-13-12-20-19(21)17-9-5-2-6-10-17/h1-10,12-14,18H,11,15H2. The second-order valence-electron chi connectivity index (χ2n) is 5.28. The van der Waals surface area contributed by atoms with Gasteiger partial charge in [0.15, 0.2) is 0 Å². The highest BCUT2D eigenvalue weighted by molar-refractivity contribution is 5.55. The molecule has 3 rings (SSSR count). The number of rotatable bonds is 6. The van der Waals surface area contributed by atoms with Gasteiger partial charge in [-0.1, -0.05) is 60.7 Å². The van der Waals surface area contributed by atoms with E-state index >= 15 is 0 Å². The van der Waals surface area contributed by atoms with Crippen molar-refractivity contribution in [1.82, 2.24) is 9.55 Å². The van der Waals surface area contributed by atoms with Gasteiger partial charge in [-0.3, -0.25) is 0 Å². The van der Waals surface area contributed by atoms with E-state index in [1.54, 1.807) is 0 Å². The molecule has 1 aromatic heterocycles. The monoisotopic (exact) mass is 290 g/mol. The normalized spacial score (nSPS) is 12.0. The Labute approximate surface area is 130 Å². The van der Waals surface area contributed by atoms with Gasteiger partial charge in [0.1, 0.15) is 12.1 Å². The number of hydrogen-bond acceptors (Lipinski definition) is 2. The van der Waals surface area contributed by atoms with Gasteiger partial charge in [0.2, 0.25) is 0 Å². The van der Waals surface area contributed by atoms with Crippen LogP contribution >= 0.6 is 0 Å². The molecule has 0 fully saturated rings. The van der Waals surface area contributed by atoms with E-state index in [9.17, 15) is 4.79 Å². The molecular formula is C19H18N2O. The Morgan fingerprint density at radius 2 is 1.68 bits per heavy atom. The van der Waals surface area contributed by atoms with Crippen molar-refractivity contribution >= 4 is 6.29 Å².